The SMILES string of the molecule is CCC(C)[C@H](NC(=O)[C@@]1(NC(=O)[C@H](CCc2ccc(O)cc2)N(Cc2ccccc2F)C(=O)O)CCc2[nH]c3c(Cl)cc(Cl)cc3c2C1)C(N)=S. The zero-order valence-electron chi connectivity index (χ0n) is 28.1. The second-order valence-electron chi connectivity index (χ2n) is 13.1. The van der Waals surface area contributed by atoms with Crippen LogP contribution in [0.3, 0.4) is 0 Å². The number of aromatic nitrogens is 1. The zero-order valence-corrected chi connectivity index (χ0v) is 30.5. The smallest absolute Gasteiger partial charge is 0.408 e. The lowest BCUT2D eigenvalue weighted by Crippen LogP contribution is -2.66. The van der Waals surface area contributed by atoms with Gasteiger partial charge in [0.2, 0.25) is 11.8 Å². The number of rotatable bonds is 13. The van der Waals surface area contributed by atoms with Crippen LogP contribution in [0.4, 0.5) is 9.18 Å². The fraction of sp³-hybridized carbons (Fsp3) is 0.351. The van der Waals surface area contributed by atoms with Crippen molar-refractivity contribution in [1.29, 1.82) is 0 Å². The van der Waals surface area contributed by atoms with Gasteiger partial charge in [-0.05, 0) is 73.1 Å². The number of phenols is 1. The van der Waals surface area contributed by atoms with Crippen molar-refractivity contribution in [3.63, 3.8) is 0 Å². The molecule has 0 radical (unpaired) electrons. The number of aryl methyl sites for hydroxylation is 2. The maximum absolute atomic E-state index is 14.8. The number of nitrogens with two attached hydrogens (primary N) is 1. The van der Waals surface area contributed by atoms with Crippen LogP contribution in [-0.4, -0.2) is 60.6 Å². The third-order valence-electron chi connectivity index (χ3n) is 9.77. The molecule has 1 aliphatic rings. The van der Waals surface area contributed by atoms with E-state index in [0.717, 1.165) is 21.7 Å². The molecule has 270 valence electrons. The first kappa shape index (κ1) is 37.9. The number of aromatic amines is 1. The molecule has 1 unspecified atom stereocenters. The largest absolute Gasteiger partial charge is 0.508 e. The number of halogens is 3. The third kappa shape index (κ3) is 8.40. The Balaban J connectivity index is 1.57. The summed E-state index contributed by atoms with van der Waals surface area (Å²) in [6.07, 6.45) is -0.0605. The minimum absolute atomic E-state index is 0.0129. The predicted molar refractivity (Wildman–Crippen MR) is 200 cm³/mol. The Morgan fingerprint density at radius 3 is 2.49 bits per heavy atom. The number of carboxylic acid groups (broad SMARTS) is 1. The molecule has 3 aromatic carbocycles. The Kier molecular flexibility index (Phi) is 11.8. The van der Waals surface area contributed by atoms with Gasteiger partial charge in [-0.25, -0.2) is 9.18 Å². The number of thiocarbonyl (C=S) groups is 1. The van der Waals surface area contributed by atoms with Crippen molar-refractivity contribution in [2.24, 2.45) is 11.7 Å². The molecular weight excluding hydrogens is 716 g/mol. The van der Waals surface area contributed by atoms with Gasteiger partial charge in [0.05, 0.1) is 28.1 Å². The Bertz CT molecular complexity index is 1960. The summed E-state index contributed by atoms with van der Waals surface area (Å²) in [6.45, 7) is 3.43. The summed E-state index contributed by atoms with van der Waals surface area (Å²) in [4.78, 5) is 46.3. The first-order valence-electron chi connectivity index (χ1n) is 16.6. The Hall–Kier alpha value is -4.39. The number of carbonyl (C=O) groups is 3. The molecular formula is C37H40Cl2FN5O5S. The molecule has 0 aliphatic heterocycles. The van der Waals surface area contributed by atoms with Gasteiger partial charge in [-0.15, -0.1) is 0 Å². The number of hydrogen-bond acceptors (Lipinski definition) is 5. The Labute approximate surface area is 310 Å². The summed E-state index contributed by atoms with van der Waals surface area (Å²) in [5, 5.41) is 27.7. The predicted octanol–water partition coefficient (Wildman–Crippen LogP) is 6.66. The minimum Gasteiger partial charge on any atom is -0.508 e. The Morgan fingerprint density at radius 2 is 1.84 bits per heavy atom. The van der Waals surface area contributed by atoms with Gasteiger partial charge in [0.1, 0.15) is 23.1 Å². The second kappa shape index (κ2) is 15.9. The van der Waals surface area contributed by atoms with E-state index < -0.39 is 47.9 Å². The van der Waals surface area contributed by atoms with Crippen LogP contribution < -0.4 is 16.4 Å². The second-order valence-corrected chi connectivity index (χ2v) is 14.4. The van der Waals surface area contributed by atoms with Gasteiger partial charge >= 0.3 is 6.09 Å². The van der Waals surface area contributed by atoms with Crippen LogP contribution >= 0.6 is 35.4 Å². The highest BCUT2D eigenvalue weighted by atomic mass is 35.5. The summed E-state index contributed by atoms with van der Waals surface area (Å²) in [5.74, 6) is -1.96. The number of benzene rings is 3. The normalized spacial score (nSPS) is 17.2. The fourth-order valence-electron chi connectivity index (χ4n) is 6.67. The van der Waals surface area contributed by atoms with Gasteiger partial charge in [-0.2, -0.15) is 0 Å². The van der Waals surface area contributed by atoms with E-state index in [1.165, 1.54) is 30.3 Å². The fourth-order valence-corrected chi connectivity index (χ4v) is 7.50. The molecule has 51 heavy (non-hydrogen) atoms. The molecule has 14 heteroatoms. The summed E-state index contributed by atoms with van der Waals surface area (Å²) in [6, 6.07) is 13.4. The Morgan fingerprint density at radius 1 is 1.14 bits per heavy atom. The molecule has 0 saturated carbocycles. The maximum Gasteiger partial charge on any atom is 0.408 e. The standard InChI is InChI=1S/C37H40Cl2FN5O5S/c1-3-20(2)31(33(41)51)43-35(48)37(15-14-29-26(18-37)25-16-23(38)17-27(39)32(25)42-29)44-34(47)30(13-10-21-8-11-24(46)12-9-21)45(36(49)50)19-22-6-4-5-7-28(22)40/h4-9,11-12,16-17,20,30-31,42,46H,3,10,13-15,18-19H2,1-2H3,(H2,41,51)(H,43,48)(H,44,47)(H,49,50)/t20?,30-,31-,37+/m0/s1. The molecule has 1 aromatic heterocycles. The number of H-pyrrole nitrogens is 1. The van der Waals surface area contributed by atoms with Gasteiger partial charge in [-0.3, -0.25) is 14.5 Å². The van der Waals surface area contributed by atoms with Crippen molar-refractivity contribution >= 4 is 69.2 Å². The van der Waals surface area contributed by atoms with Crippen LogP contribution in [0.25, 0.3) is 10.9 Å². The van der Waals surface area contributed by atoms with Crippen LogP contribution in [0.1, 0.15) is 55.5 Å². The van der Waals surface area contributed by atoms with Crippen molar-refractivity contribution in [2.45, 2.75) is 76.5 Å². The lowest BCUT2D eigenvalue weighted by atomic mass is 9.78. The number of hydrogen-bond donors (Lipinski definition) is 6. The zero-order chi connectivity index (χ0) is 37.0. The highest BCUT2D eigenvalue weighted by Gasteiger charge is 2.47. The molecule has 0 spiro atoms. The monoisotopic (exact) mass is 755 g/mol. The minimum atomic E-state index is -1.58. The van der Waals surface area contributed by atoms with Gasteiger partial charge in [-0.1, -0.05) is 86.0 Å². The van der Waals surface area contributed by atoms with E-state index in [9.17, 15) is 29.0 Å². The number of nitrogens with zero attached hydrogens (tertiary/aromatic N) is 1. The number of aromatic hydroxyl groups is 1. The highest BCUT2D eigenvalue weighted by Crippen LogP contribution is 2.38. The lowest BCUT2D eigenvalue weighted by Gasteiger charge is -2.40. The number of carbonyl (C=O) groups excluding carboxylic acids is 2. The van der Waals surface area contributed by atoms with Crippen LogP contribution in [0.15, 0.2) is 60.7 Å². The van der Waals surface area contributed by atoms with Crippen molar-refractivity contribution in [3.05, 3.63) is 98.9 Å². The van der Waals surface area contributed by atoms with Gasteiger partial charge in [0.15, 0.2) is 0 Å². The quantitative estimate of drug-likeness (QED) is 0.0832. The van der Waals surface area contributed by atoms with Gasteiger partial charge in [0.25, 0.3) is 0 Å². The number of fused-ring (bicyclic) bond motifs is 3. The van der Waals surface area contributed by atoms with E-state index in [2.05, 4.69) is 15.6 Å². The van der Waals surface area contributed by atoms with Crippen molar-refractivity contribution in [1.82, 2.24) is 20.5 Å². The number of amides is 3. The average molecular weight is 757 g/mol. The van der Waals surface area contributed by atoms with Crippen LogP contribution in [-0.2, 0) is 35.4 Å². The van der Waals surface area contributed by atoms with Crippen LogP contribution in [0.2, 0.25) is 10.0 Å². The maximum atomic E-state index is 14.8. The van der Waals surface area contributed by atoms with E-state index in [1.54, 1.807) is 30.3 Å². The topological polar surface area (TPSA) is 161 Å². The molecule has 10 nitrogen and oxygen atoms in total. The van der Waals surface area contributed by atoms with Crippen LogP contribution in [0, 0.1) is 11.7 Å². The number of nitrogens with one attached hydrogen (secondary N) is 3. The summed E-state index contributed by atoms with van der Waals surface area (Å²) >= 11 is 18.3. The van der Waals surface area contributed by atoms with E-state index in [-0.39, 0.29) is 47.9 Å². The average Bonchev–Trinajstić information content (AvgIpc) is 3.45. The van der Waals surface area contributed by atoms with Crippen molar-refractivity contribution < 1.29 is 29.0 Å². The highest BCUT2D eigenvalue weighted by molar-refractivity contribution is 7.80. The molecule has 4 aromatic rings. The van der Waals surface area contributed by atoms with E-state index in [1.807, 2.05) is 13.8 Å². The number of phenolic OH excluding ortho intramolecular Hbond substituents is 1. The molecule has 3 amide bonds. The van der Waals surface area contributed by atoms with E-state index >= 15 is 0 Å². The van der Waals surface area contributed by atoms with E-state index in [0.29, 0.717) is 33.8 Å². The third-order valence-corrected chi connectivity index (χ3v) is 10.5. The summed E-state index contributed by atoms with van der Waals surface area (Å²) in [5.41, 5.74) is 7.53. The molecule has 0 bridgehead atoms. The molecule has 1 aliphatic carbocycles. The first-order chi connectivity index (χ1) is 24.2. The summed E-state index contributed by atoms with van der Waals surface area (Å²) < 4.78 is 14.8. The summed E-state index contributed by atoms with van der Waals surface area (Å²) in [7, 11) is 0. The molecule has 0 fully saturated rings. The first-order valence-corrected chi connectivity index (χ1v) is 17.8. The lowest BCUT2D eigenvalue weighted by molar-refractivity contribution is -0.137. The molecule has 7 N–H and O–H groups in total. The van der Waals surface area contributed by atoms with Gasteiger partial charge < -0.3 is 31.6 Å². The van der Waals surface area contributed by atoms with Crippen LogP contribution in [0.5, 0.6) is 5.75 Å². The molecule has 1 heterocycles. The van der Waals surface area contributed by atoms with E-state index in [4.69, 9.17) is 41.2 Å². The van der Waals surface area contributed by atoms with Gasteiger partial charge in [0, 0.05) is 28.1 Å². The molecule has 4 atom stereocenters. The van der Waals surface area contributed by atoms with Crippen molar-refractivity contribution in [3.8, 4) is 5.75 Å². The molecule has 5 rings (SSSR count). The van der Waals surface area contributed by atoms with Crippen molar-refractivity contribution in [2.75, 3.05) is 0 Å². The molecule has 0 saturated heterocycles.